The van der Waals surface area contributed by atoms with Gasteiger partial charge in [-0.25, -0.2) is 0 Å². The number of aliphatic hydroxyl groups excluding tert-OH is 1. The molecule has 0 aromatic carbocycles. The zero-order valence-corrected chi connectivity index (χ0v) is 11.1. The van der Waals surface area contributed by atoms with Crippen LogP contribution in [0.25, 0.3) is 0 Å². The molecular formula is C11H18N4O4. The van der Waals surface area contributed by atoms with Gasteiger partial charge in [0.05, 0.1) is 6.61 Å². The molecule has 0 radical (unpaired) electrons. The molecule has 2 saturated heterocycles. The maximum atomic E-state index is 9.39. The summed E-state index contributed by atoms with van der Waals surface area (Å²) in [5, 5.41) is 13.6. The largest absolute Gasteiger partial charge is 0.394 e. The van der Waals surface area contributed by atoms with Gasteiger partial charge in [-0.3, -0.25) is 0 Å². The van der Waals surface area contributed by atoms with Gasteiger partial charge in [-0.1, -0.05) is 0 Å². The van der Waals surface area contributed by atoms with Crippen LogP contribution in [0.1, 0.15) is 25.9 Å². The van der Waals surface area contributed by atoms with E-state index in [9.17, 15) is 5.11 Å². The van der Waals surface area contributed by atoms with E-state index in [0.717, 1.165) is 0 Å². The molecule has 4 atom stereocenters. The van der Waals surface area contributed by atoms with Gasteiger partial charge in [0, 0.05) is 0 Å². The van der Waals surface area contributed by atoms with Crippen LogP contribution < -0.4 is 5.73 Å². The quantitative estimate of drug-likeness (QED) is 0.751. The monoisotopic (exact) mass is 270 g/mol. The van der Waals surface area contributed by atoms with E-state index in [1.54, 1.807) is 6.92 Å². The number of ether oxygens (including phenoxy) is 3. The fourth-order valence-electron chi connectivity index (χ4n) is 2.64. The highest BCUT2D eigenvalue weighted by atomic mass is 16.8. The Morgan fingerprint density at radius 3 is 2.63 bits per heavy atom. The van der Waals surface area contributed by atoms with Crippen molar-refractivity contribution in [2.24, 2.45) is 0 Å². The Labute approximate surface area is 110 Å². The summed E-state index contributed by atoms with van der Waals surface area (Å²) in [6.45, 7) is 5.25. The molecule has 0 spiro atoms. The maximum absolute atomic E-state index is 9.39. The van der Waals surface area contributed by atoms with Crippen molar-refractivity contribution in [1.82, 2.24) is 14.8 Å². The number of nitrogens with two attached hydrogens (primary N) is 1. The minimum atomic E-state index is -0.713. The van der Waals surface area contributed by atoms with Crippen molar-refractivity contribution in [2.75, 3.05) is 12.3 Å². The highest BCUT2D eigenvalue weighted by molar-refractivity contribution is 5.17. The summed E-state index contributed by atoms with van der Waals surface area (Å²) in [6, 6.07) is 0. The van der Waals surface area contributed by atoms with E-state index in [1.807, 2.05) is 13.8 Å². The molecule has 8 heteroatoms. The van der Waals surface area contributed by atoms with Gasteiger partial charge in [0.15, 0.2) is 12.0 Å². The van der Waals surface area contributed by atoms with Gasteiger partial charge in [-0.15, -0.1) is 0 Å². The second-order valence-corrected chi connectivity index (χ2v) is 5.27. The molecule has 1 aromatic rings. The van der Waals surface area contributed by atoms with Crippen molar-refractivity contribution in [3.63, 3.8) is 0 Å². The molecule has 3 heterocycles. The first-order valence-electron chi connectivity index (χ1n) is 6.22. The van der Waals surface area contributed by atoms with E-state index in [2.05, 4.69) is 10.1 Å². The first-order valence-corrected chi connectivity index (χ1v) is 6.22. The summed E-state index contributed by atoms with van der Waals surface area (Å²) >= 11 is 0. The number of rotatable bonds is 2. The van der Waals surface area contributed by atoms with Gasteiger partial charge in [-0.2, -0.15) is 14.8 Å². The molecule has 0 unspecified atom stereocenters. The van der Waals surface area contributed by atoms with Crippen molar-refractivity contribution in [3.8, 4) is 0 Å². The molecule has 106 valence electrons. The van der Waals surface area contributed by atoms with E-state index in [-0.39, 0.29) is 24.8 Å². The van der Waals surface area contributed by atoms with Crippen LogP contribution in [0.5, 0.6) is 0 Å². The molecule has 3 rings (SSSR count). The van der Waals surface area contributed by atoms with Gasteiger partial charge in [-0.05, 0) is 20.8 Å². The van der Waals surface area contributed by atoms with E-state index in [1.165, 1.54) is 4.68 Å². The molecule has 2 aliphatic rings. The van der Waals surface area contributed by atoms with Gasteiger partial charge >= 0.3 is 0 Å². The van der Waals surface area contributed by atoms with Crippen LogP contribution in [-0.4, -0.2) is 50.6 Å². The lowest BCUT2D eigenvalue weighted by Gasteiger charge is -2.23. The SMILES string of the molecule is Cc1nc(N)n([C@@H]2O[C@H](CO)[C@H]3OC(C)(C)O[C@H]32)n1. The Bertz CT molecular complexity index is 489. The number of fused-ring (bicyclic) bond motifs is 1. The van der Waals surface area contributed by atoms with Crippen LogP contribution in [0.4, 0.5) is 5.95 Å². The zero-order valence-electron chi connectivity index (χ0n) is 11.1. The van der Waals surface area contributed by atoms with Crippen LogP contribution >= 0.6 is 0 Å². The molecule has 1 aromatic heterocycles. The van der Waals surface area contributed by atoms with E-state index in [4.69, 9.17) is 19.9 Å². The Kier molecular flexibility index (Phi) is 2.79. The van der Waals surface area contributed by atoms with Crippen molar-refractivity contribution < 1.29 is 19.3 Å². The number of aromatic nitrogens is 3. The highest BCUT2D eigenvalue weighted by Gasteiger charge is 2.56. The third-order valence-corrected chi connectivity index (χ3v) is 3.31. The second-order valence-electron chi connectivity index (χ2n) is 5.27. The number of anilines is 1. The zero-order chi connectivity index (χ0) is 13.8. The highest BCUT2D eigenvalue weighted by Crippen LogP contribution is 2.43. The topological polar surface area (TPSA) is 105 Å². The van der Waals surface area contributed by atoms with Crippen LogP contribution in [0.2, 0.25) is 0 Å². The molecule has 0 saturated carbocycles. The smallest absolute Gasteiger partial charge is 0.221 e. The Balaban J connectivity index is 1.93. The second kappa shape index (κ2) is 4.14. The number of nitrogens with zero attached hydrogens (tertiary/aromatic N) is 3. The van der Waals surface area contributed by atoms with Crippen LogP contribution in [-0.2, 0) is 14.2 Å². The first-order chi connectivity index (χ1) is 8.91. The summed E-state index contributed by atoms with van der Waals surface area (Å²) in [7, 11) is 0. The number of nitrogen functional groups attached to an aromatic ring is 1. The minimum absolute atomic E-state index is 0.148. The lowest BCUT2D eigenvalue weighted by Crippen LogP contribution is -2.31. The number of hydrogen-bond acceptors (Lipinski definition) is 7. The minimum Gasteiger partial charge on any atom is -0.394 e. The molecule has 19 heavy (non-hydrogen) atoms. The van der Waals surface area contributed by atoms with Gasteiger partial charge < -0.3 is 25.1 Å². The van der Waals surface area contributed by atoms with Gasteiger partial charge in [0.2, 0.25) is 5.95 Å². The van der Waals surface area contributed by atoms with Crippen LogP contribution in [0.15, 0.2) is 0 Å². The van der Waals surface area contributed by atoms with Crippen molar-refractivity contribution in [3.05, 3.63) is 5.82 Å². The van der Waals surface area contributed by atoms with Crippen molar-refractivity contribution in [1.29, 1.82) is 0 Å². The Morgan fingerprint density at radius 1 is 1.37 bits per heavy atom. The summed E-state index contributed by atoms with van der Waals surface area (Å²) in [6.07, 6.45) is -1.70. The molecule has 8 nitrogen and oxygen atoms in total. The van der Waals surface area contributed by atoms with Crippen LogP contribution in [0.3, 0.4) is 0 Å². The summed E-state index contributed by atoms with van der Waals surface area (Å²) in [5.41, 5.74) is 5.81. The predicted molar refractivity (Wildman–Crippen MR) is 64.0 cm³/mol. The Morgan fingerprint density at radius 2 is 2.05 bits per heavy atom. The van der Waals surface area contributed by atoms with Gasteiger partial charge in [0.25, 0.3) is 0 Å². The number of hydrogen-bond donors (Lipinski definition) is 2. The summed E-state index contributed by atoms with van der Waals surface area (Å²) < 4.78 is 18.8. The number of aliphatic hydroxyl groups is 1. The first kappa shape index (κ1) is 12.8. The van der Waals surface area contributed by atoms with Crippen LogP contribution in [0, 0.1) is 6.92 Å². The normalized spacial score (nSPS) is 36.6. The molecular weight excluding hydrogens is 252 g/mol. The maximum Gasteiger partial charge on any atom is 0.221 e. The third-order valence-electron chi connectivity index (χ3n) is 3.31. The fraction of sp³-hybridized carbons (Fsp3) is 0.818. The summed E-state index contributed by atoms with van der Waals surface area (Å²) in [5.74, 6) is 0.103. The Hall–Kier alpha value is -1.22. The fourth-order valence-corrected chi connectivity index (χ4v) is 2.64. The van der Waals surface area contributed by atoms with Gasteiger partial charge in [0.1, 0.15) is 24.1 Å². The number of aryl methyl sites for hydroxylation is 1. The predicted octanol–water partition coefficient (Wildman–Crippen LogP) is -0.421. The third kappa shape index (κ3) is 2.00. The molecule has 2 fully saturated rings. The lowest BCUT2D eigenvalue weighted by molar-refractivity contribution is -0.201. The summed E-state index contributed by atoms with van der Waals surface area (Å²) in [4.78, 5) is 4.05. The average molecular weight is 270 g/mol. The van der Waals surface area contributed by atoms with E-state index < -0.39 is 18.1 Å². The molecule has 0 amide bonds. The lowest BCUT2D eigenvalue weighted by atomic mass is 10.1. The molecule has 2 aliphatic heterocycles. The average Bonchev–Trinajstić information content (AvgIpc) is 2.89. The van der Waals surface area contributed by atoms with Crippen molar-refractivity contribution in [2.45, 2.75) is 51.1 Å². The van der Waals surface area contributed by atoms with Crippen molar-refractivity contribution >= 4 is 5.95 Å². The van der Waals surface area contributed by atoms with E-state index in [0.29, 0.717) is 5.82 Å². The molecule has 0 aliphatic carbocycles. The molecule has 0 bridgehead atoms. The van der Waals surface area contributed by atoms with E-state index >= 15 is 0 Å². The standard InChI is InChI=1S/C11H18N4O4/c1-5-13-10(12)15(14-5)9-8-7(6(4-16)17-9)18-11(2,3)19-8/h6-9,16H,4H2,1-3H3,(H2,12,13,14)/t6-,7-,8-,9-/m1/s1. The molecule has 3 N–H and O–H groups in total.